The largest absolute Gasteiger partial charge is 0.477 e. The Morgan fingerprint density at radius 1 is 1.06 bits per heavy atom. The lowest BCUT2D eigenvalue weighted by atomic mass is 10.1. The molecular formula is C13H23N3O. The van der Waals surface area contributed by atoms with Gasteiger partial charge in [0.05, 0.1) is 12.3 Å². The standard InChI is InChI=1S/C13H23N3O/c1-2-3-4-5-6-7-10-17-13-9-8-12(11-14)15-16-13/h8-9H,2-7,10-11,14H2,1H3. The summed E-state index contributed by atoms with van der Waals surface area (Å²) in [6.45, 7) is 3.38. The van der Waals surface area contributed by atoms with Crippen molar-refractivity contribution >= 4 is 0 Å². The van der Waals surface area contributed by atoms with Crippen LogP contribution in [0.2, 0.25) is 0 Å². The summed E-state index contributed by atoms with van der Waals surface area (Å²) >= 11 is 0. The van der Waals surface area contributed by atoms with Crippen LogP contribution >= 0.6 is 0 Å². The molecule has 0 amide bonds. The lowest BCUT2D eigenvalue weighted by Gasteiger charge is -2.04. The zero-order valence-electron chi connectivity index (χ0n) is 10.7. The molecule has 17 heavy (non-hydrogen) atoms. The second kappa shape index (κ2) is 8.93. The Kier molecular flexibility index (Phi) is 7.30. The highest BCUT2D eigenvalue weighted by Gasteiger charge is 1.97. The minimum Gasteiger partial charge on any atom is -0.477 e. The predicted octanol–water partition coefficient (Wildman–Crippen LogP) is 2.67. The molecule has 2 N–H and O–H groups in total. The van der Waals surface area contributed by atoms with Crippen molar-refractivity contribution in [2.24, 2.45) is 5.73 Å². The highest BCUT2D eigenvalue weighted by Crippen LogP contribution is 2.08. The molecule has 0 radical (unpaired) electrons. The van der Waals surface area contributed by atoms with Crippen LogP contribution in [0.15, 0.2) is 12.1 Å². The molecule has 96 valence electrons. The van der Waals surface area contributed by atoms with E-state index in [1.807, 2.05) is 12.1 Å². The molecule has 4 nitrogen and oxygen atoms in total. The summed E-state index contributed by atoms with van der Waals surface area (Å²) in [7, 11) is 0. The normalized spacial score (nSPS) is 10.5. The number of hydrogen-bond donors (Lipinski definition) is 1. The molecule has 1 aromatic rings. The van der Waals surface area contributed by atoms with Crippen LogP contribution in [-0.4, -0.2) is 16.8 Å². The summed E-state index contributed by atoms with van der Waals surface area (Å²) in [5.41, 5.74) is 6.22. The Bertz CT molecular complexity index is 287. The average molecular weight is 237 g/mol. The van der Waals surface area contributed by atoms with E-state index in [0.717, 1.165) is 18.7 Å². The number of ether oxygens (including phenoxy) is 1. The van der Waals surface area contributed by atoms with E-state index in [2.05, 4.69) is 17.1 Å². The van der Waals surface area contributed by atoms with Crippen molar-refractivity contribution in [1.82, 2.24) is 10.2 Å². The maximum absolute atomic E-state index is 5.50. The first-order valence-electron chi connectivity index (χ1n) is 6.52. The first-order chi connectivity index (χ1) is 8.36. The third-order valence-electron chi connectivity index (χ3n) is 2.65. The molecule has 0 aliphatic rings. The minimum atomic E-state index is 0.421. The van der Waals surface area contributed by atoms with E-state index in [1.165, 1.54) is 32.1 Å². The molecule has 1 aromatic heterocycles. The molecule has 0 saturated carbocycles. The molecule has 0 aromatic carbocycles. The quantitative estimate of drug-likeness (QED) is 0.671. The number of hydrogen-bond acceptors (Lipinski definition) is 4. The van der Waals surface area contributed by atoms with Crippen molar-refractivity contribution in [3.63, 3.8) is 0 Å². The van der Waals surface area contributed by atoms with Gasteiger partial charge in [-0.2, -0.15) is 5.10 Å². The second-order valence-electron chi connectivity index (χ2n) is 4.18. The lowest BCUT2D eigenvalue weighted by molar-refractivity contribution is 0.289. The maximum Gasteiger partial charge on any atom is 0.233 e. The molecule has 0 fully saturated rings. The van der Waals surface area contributed by atoms with Crippen LogP contribution in [0.5, 0.6) is 5.88 Å². The van der Waals surface area contributed by atoms with Crippen LogP contribution in [0.4, 0.5) is 0 Å². The van der Waals surface area contributed by atoms with Crippen LogP contribution in [0.1, 0.15) is 51.1 Å². The van der Waals surface area contributed by atoms with Gasteiger partial charge in [-0.3, -0.25) is 0 Å². The molecule has 1 rings (SSSR count). The highest BCUT2D eigenvalue weighted by molar-refractivity contribution is 5.10. The average Bonchev–Trinajstić information content (AvgIpc) is 2.38. The summed E-state index contributed by atoms with van der Waals surface area (Å²) in [6.07, 6.45) is 7.58. The van der Waals surface area contributed by atoms with Crippen molar-refractivity contribution in [2.45, 2.75) is 52.0 Å². The molecule has 1 heterocycles. The van der Waals surface area contributed by atoms with Gasteiger partial charge >= 0.3 is 0 Å². The summed E-state index contributed by atoms with van der Waals surface area (Å²) in [4.78, 5) is 0. The molecule has 0 atom stereocenters. The van der Waals surface area contributed by atoms with E-state index in [4.69, 9.17) is 10.5 Å². The van der Waals surface area contributed by atoms with Gasteiger partial charge in [0.15, 0.2) is 0 Å². The number of unbranched alkanes of at least 4 members (excludes halogenated alkanes) is 5. The van der Waals surface area contributed by atoms with Crippen molar-refractivity contribution in [3.8, 4) is 5.88 Å². The highest BCUT2D eigenvalue weighted by atomic mass is 16.5. The third kappa shape index (κ3) is 6.22. The van der Waals surface area contributed by atoms with E-state index >= 15 is 0 Å². The molecule has 0 unspecified atom stereocenters. The second-order valence-corrected chi connectivity index (χ2v) is 4.18. The smallest absolute Gasteiger partial charge is 0.233 e. The Hall–Kier alpha value is -1.16. The van der Waals surface area contributed by atoms with Gasteiger partial charge in [0.25, 0.3) is 0 Å². The molecule has 0 aliphatic carbocycles. The zero-order chi connectivity index (χ0) is 12.3. The lowest BCUT2D eigenvalue weighted by Crippen LogP contribution is -2.04. The topological polar surface area (TPSA) is 61.0 Å². The molecular weight excluding hydrogens is 214 g/mol. The maximum atomic E-state index is 5.50. The predicted molar refractivity (Wildman–Crippen MR) is 68.8 cm³/mol. The van der Waals surface area contributed by atoms with Crippen molar-refractivity contribution in [2.75, 3.05) is 6.61 Å². The van der Waals surface area contributed by atoms with Crippen LogP contribution in [-0.2, 0) is 6.54 Å². The molecule has 0 spiro atoms. The summed E-state index contributed by atoms with van der Waals surface area (Å²) in [6, 6.07) is 3.68. The van der Waals surface area contributed by atoms with Gasteiger partial charge in [-0.1, -0.05) is 39.0 Å². The Balaban J connectivity index is 2.05. The first-order valence-corrected chi connectivity index (χ1v) is 6.52. The third-order valence-corrected chi connectivity index (χ3v) is 2.65. The van der Waals surface area contributed by atoms with E-state index in [9.17, 15) is 0 Å². The van der Waals surface area contributed by atoms with Gasteiger partial charge in [-0.25, -0.2) is 0 Å². The number of nitrogens with zero attached hydrogens (tertiary/aromatic N) is 2. The number of rotatable bonds is 9. The zero-order valence-corrected chi connectivity index (χ0v) is 10.7. The van der Waals surface area contributed by atoms with Crippen LogP contribution < -0.4 is 10.5 Å². The van der Waals surface area contributed by atoms with E-state index in [1.54, 1.807) is 0 Å². The Morgan fingerprint density at radius 3 is 2.47 bits per heavy atom. The fourth-order valence-corrected chi connectivity index (χ4v) is 1.59. The SMILES string of the molecule is CCCCCCCCOc1ccc(CN)nn1. The molecule has 0 saturated heterocycles. The number of nitrogens with two attached hydrogens (primary N) is 1. The van der Waals surface area contributed by atoms with Gasteiger partial charge in [-0.05, 0) is 12.5 Å². The Labute approximate surface area is 104 Å². The van der Waals surface area contributed by atoms with Crippen LogP contribution in [0.25, 0.3) is 0 Å². The van der Waals surface area contributed by atoms with Gasteiger partial charge in [0.2, 0.25) is 5.88 Å². The fourth-order valence-electron chi connectivity index (χ4n) is 1.59. The van der Waals surface area contributed by atoms with E-state index in [0.29, 0.717) is 12.4 Å². The number of aromatic nitrogens is 2. The summed E-state index contributed by atoms with van der Waals surface area (Å²) in [5.74, 6) is 0.593. The molecule has 4 heteroatoms. The van der Waals surface area contributed by atoms with Crippen molar-refractivity contribution < 1.29 is 4.74 Å². The minimum absolute atomic E-state index is 0.421. The first kappa shape index (κ1) is 13.9. The van der Waals surface area contributed by atoms with Gasteiger partial charge in [-0.15, -0.1) is 5.10 Å². The van der Waals surface area contributed by atoms with Crippen molar-refractivity contribution in [3.05, 3.63) is 17.8 Å². The summed E-state index contributed by atoms with van der Waals surface area (Å²) < 4.78 is 5.50. The van der Waals surface area contributed by atoms with E-state index in [-0.39, 0.29) is 0 Å². The van der Waals surface area contributed by atoms with E-state index < -0.39 is 0 Å². The van der Waals surface area contributed by atoms with Gasteiger partial charge in [0.1, 0.15) is 0 Å². The van der Waals surface area contributed by atoms with Crippen molar-refractivity contribution in [1.29, 1.82) is 0 Å². The van der Waals surface area contributed by atoms with Crippen LogP contribution in [0, 0.1) is 0 Å². The molecule has 0 aliphatic heterocycles. The molecule has 0 bridgehead atoms. The summed E-state index contributed by atoms with van der Waals surface area (Å²) in [5, 5.41) is 7.88. The monoisotopic (exact) mass is 237 g/mol. The van der Waals surface area contributed by atoms with Gasteiger partial charge < -0.3 is 10.5 Å². The van der Waals surface area contributed by atoms with Gasteiger partial charge in [0, 0.05) is 12.6 Å². The Morgan fingerprint density at radius 2 is 1.82 bits per heavy atom. The van der Waals surface area contributed by atoms with Crippen LogP contribution in [0.3, 0.4) is 0 Å². The fraction of sp³-hybridized carbons (Fsp3) is 0.692.